The Hall–Kier alpha value is -2.27. The molecule has 2 aromatic heterocycles. The molecule has 0 bridgehead atoms. The Balaban J connectivity index is 1.67. The zero-order valence-corrected chi connectivity index (χ0v) is 11.5. The highest BCUT2D eigenvalue weighted by Gasteiger charge is 2.07. The molecule has 0 aliphatic rings. The molecular weight excluding hydrogens is 270 g/mol. The van der Waals surface area contributed by atoms with E-state index in [9.17, 15) is 0 Å². The van der Waals surface area contributed by atoms with Gasteiger partial charge in [-0.2, -0.15) is 0 Å². The second-order valence-corrected chi connectivity index (χ2v) is 5.26. The first-order chi connectivity index (χ1) is 9.81. The second-order valence-electron chi connectivity index (χ2n) is 4.27. The summed E-state index contributed by atoms with van der Waals surface area (Å²) in [6, 6.07) is 15.6. The van der Waals surface area contributed by atoms with Crippen molar-refractivity contribution in [1.82, 2.24) is 10.1 Å². The Bertz CT molecular complexity index is 680. The number of rotatable bonds is 4. The van der Waals surface area contributed by atoms with Gasteiger partial charge in [-0.25, -0.2) is 4.98 Å². The van der Waals surface area contributed by atoms with E-state index in [2.05, 4.69) is 10.1 Å². The molecule has 0 amide bonds. The van der Waals surface area contributed by atoms with E-state index in [4.69, 9.17) is 10.3 Å². The smallest absolute Gasteiger partial charge is 0.167 e. The van der Waals surface area contributed by atoms with Crippen LogP contribution in [0.3, 0.4) is 0 Å². The van der Waals surface area contributed by atoms with Crippen molar-refractivity contribution in [2.24, 2.45) is 0 Å². The quantitative estimate of drug-likeness (QED) is 0.741. The van der Waals surface area contributed by atoms with Gasteiger partial charge in [0, 0.05) is 17.4 Å². The standard InChI is InChI=1S/C15H13N3OS/c16-12-6-7-15(17-9-12)20-10-13-8-14(19-18-13)11-4-2-1-3-5-11/h1-9H,10,16H2. The molecule has 0 aliphatic heterocycles. The van der Waals surface area contributed by atoms with Gasteiger partial charge in [-0.1, -0.05) is 47.3 Å². The Kier molecular flexibility index (Phi) is 3.69. The number of nitrogen functional groups attached to an aromatic ring is 1. The fourth-order valence-corrected chi connectivity index (χ4v) is 2.47. The van der Waals surface area contributed by atoms with Crippen LogP contribution in [0.25, 0.3) is 11.3 Å². The van der Waals surface area contributed by atoms with Crippen molar-refractivity contribution >= 4 is 17.4 Å². The highest BCUT2D eigenvalue weighted by atomic mass is 32.2. The number of hydrogen-bond acceptors (Lipinski definition) is 5. The fourth-order valence-electron chi connectivity index (χ4n) is 1.74. The van der Waals surface area contributed by atoms with Crippen LogP contribution in [0.4, 0.5) is 5.69 Å². The molecule has 0 saturated heterocycles. The average Bonchev–Trinajstić information content (AvgIpc) is 2.97. The average molecular weight is 283 g/mol. The van der Waals surface area contributed by atoms with Crippen LogP contribution in [-0.4, -0.2) is 10.1 Å². The summed E-state index contributed by atoms with van der Waals surface area (Å²) in [6.45, 7) is 0. The number of thioether (sulfide) groups is 1. The third-order valence-corrected chi connectivity index (χ3v) is 3.72. The number of nitrogens with zero attached hydrogens (tertiary/aromatic N) is 2. The number of aromatic nitrogens is 2. The monoisotopic (exact) mass is 283 g/mol. The Morgan fingerprint density at radius 1 is 1.10 bits per heavy atom. The van der Waals surface area contributed by atoms with Gasteiger partial charge in [0.2, 0.25) is 0 Å². The van der Waals surface area contributed by atoms with Gasteiger partial charge in [0.1, 0.15) is 0 Å². The van der Waals surface area contributed by atoms with Crippen molar-refractivity contribution < 1.29 is 4.52 Å². The molecular formula is C15H13N3OS. The molecule has 0 spiro atoms. The van der Waals surface area contributed by atoms with Crippen LogP contribution in [0.15, 0.2) is 64.3 Å². The maximum atomic E-state index is 5.60. The Labute approximate surface area is 121 Å². The molecule has 20 heavy (non-hydrogen) atoms. The minimum Gasteiger partial charge on any atom is -0.397 e. The summed E-state index contributed by atoms with van der Waals surface area (Å²) in [4.78, 5) is 4.24. The molecule has 1 aromatic carbocycles. The predicted octanol–water partition coefficient (Wildman–Crippen LogP) is 3.61. The topological polar surface area (TPSA) is 64.9 Å². The lowest BCUT2D eigenvalue weighted by molar-refractivity contribution is 0.426. The fraction of sp³-hybridized carbons (Fsp3) is 0.0667. The van der Waals surface area contributed by atoms with Gasteiger partial charge in [0.15, 0.2) is 5.76 Å². The lowest BCUT2D eigenvalue weighted by Gasteiger charge is -1.98. The summed E-state index contributed by atoms with van der Waals surface area (Å²) < 4.78 is 5.35. The molecule has 0 atom stereocenters. The van der Waals surface area contributed by atoms with Crippen molar-refractivity contribution in [3.05, 3.63) is 60.4 Å². The highest BCUT2D eigenvalue weighted by molar-refractivity contribution is 7.98. The van der Waals surface area contributed by atoms with E-state index in [1.807, 2.05) is 48.5 Å². The van der Waals surface area contributed by atoms with Crippen LogP contribution in [-0.2, 0) is 5.75 Å². The molecule has 3 aromatic rings. The van der Waals surface area contributed by atoms with Gasteiger partial charge in [-0.15, -0.1) is 0 Å². The minimum absolute atomic E-state index is 0.669. The predicted molar refractivity (Wildman–Crippen MR) is 80.1 cm³/mol. The molecule has 0 radical (unpaired) electrons. The Morgan fingerprint density at radius 2 is 1.95 bits per heavy atom. The van der Waals surface area contributed by atoms with Crippen LogP contribution in [0.1, 0.15) is 5.69 Å². The zero-order chi connectivity index (χ0) is 13.8. The summed E-state index contributed by atoms with van der Waals surface area (Å²) in [6.07, 6.45) is 1.65. The molecule has 5 heteroatoms. The van der Waals surface area contributed by atoms with Crippen LogP contribution in [0.2, 0.25) is 0 Å². The van der Waals surface area contributed by atoms with E-state index in [1.54, 1.807) is 18.0 Å². The van der Waals surface area contributed by atoms with Gasteiger partial charge >= 0.3 is 0 Å². The third-order valence-electron chi connectivity index (χ3n) is 2.74. The van der Waals surface area contributed by atoms with Crippen molar-refractivity contribution in [3.63, 3.8) is 0 Å². The zero-order valence-electron chi connectivity index (χ0n) is 10.7. The van der Waals surface area contributed by atoms with Crippen LogP contribution < -0.4 is 5.73 Å². The first-order valence-electron chi connectivity index (χ1n) is 6.16. The first-order valence-corrected chi connectivity index (χ1v) is 7.15. The van der Waals surface area contributed by atoms with Crippen molar-refractivity contribution in [2.45, 2.75) is 10.8 Å². The van der Waals surface area contributed by atoms with E-state index in [1.165, 1.54) is 0 Å². The molecule has 0 aliphatic carbocycles. The number of hydrogen-bond donors (Lipinski definition) is 1. The summed E-state index contributed by atoms with van der Waals surface area (Å²) in [5.74, 6) is 1.50. The summed E-state index contributed by atoms with van der Waals surface area (Å²) in [7, 11) is 0. The molecule has 100 valence electrons. The number of pyridine rings is 1. The van der Waals surface area contributed by atoms with Gasteiger partial charge in [0.05, 0.1) is 22.6 Å². The summed E-state index contributed by atoms with van der Waals surface area (Å²) >= 11 is 1.60. The number of nitrogens with two attached hydrogens (primary N) is 1. The third kappa shape index (κ3) is 3.00. The van der Waals surface area contributed by atoms with Gasteiger partial charge in [0.25, 0.3) is 0 Å². The number of benzene rings is 1. The van der Waals surface area contributed by atoms with Crippen LogP contribution in [0.5, 0.6) is 0 Å². The van der Waals surface area contributed by atoms with Crippen molar-refractivity contribution in [3.8, 4) is 11.3 Å². The van der Waals surface area contributed by atoms with E-state index < -0.39 is 0 Å². The van der Waals surface area contributed by atoms with Gasteiger partial charge in [-0.3, -0.25) is 0 Å². The molecule has 0 unspecified atom stereocenters. The van der Waals surface area contributed by atoms with E-state index in [0.29, 0.717) is 11.4 Å². The minimum atomic E-state index is 0.669. The molecule has 2 heterocycles. The van der Waals surface area contributed by atoms with Crippen LogP contribution >= 0.6 is 11.8 Å². The first kappa shape index (κ1) is 12.7. The van der Waals surface area contributed by atoms with Gasteiger partial charge in [-0.05, 0) is 12.1 Å². The van der Waals surface area contributed by atoms with Gasteiger partial charge < -0.3 is 10.3 Å². The number of anilines is 1. The second kappa shape index (κ2) is 5.79. The highest BCUT2D eigenvalue weighted by Crippen LogP contribution is 2.24. The van der Waals surface area contributed by atoms with Crippen molar-refractivity contribution in [2.75, 3.05) is 5.73 Å². The van der Waals surface area contributed by atoms with E-state index in [0.717, 1.165) is 22.0 Å². The molecule has 3 rings (SSSR count). The normalized spacial score (nSPS) is 10.6. The SMILES string of the molecule is Nc1ccc(SCc2cc(-c3ccccc3)on2)nc1. The van der Waals surface area contributed by atoms with E-state index in [-0.39, 0.29) is 0 Å². The van der Waals surface area contributed by atoms with E-state index >= 15 is 0 Å². The lowest BCUT2D eigenvalue weighted by Crippen LogP contribution is -1.87. The molecule has 0 saturated carbocycles. The van der Waals surface area contributed by atoms with Crippen LogP contribution in [0, 0.1) is 0 Å². The molecule has 2 N–H and O–H groups in total. The lowest BCUT2D eigenvalue weighted by atomic mass is 10.2. The molecule has 0 fully saturated rings. The molecule has 4 nitrogen and oxygen atoms in total. The van der Waals surface area contributed by atoms with Crippen molar-refractivity contribution in [1.29, 1.82) is 0 Å². The Morgan fingerprint density at radius 3 is 2.70 bits per heavy atom. The maximum Gasteiger partial charge on any atom is 0.167 e. The summed E-state index contributed by atoms with van der Waals surface area (Å²) in [5.41, 5.74) is 8.20. The summed E-state index contributed by atoms with van der Waals surface area (Å²) in [5, 5.41) is 5.00. The maximum absolute atomic E-state index is 5.60. The largest absolute Gasteiger partial charge is 0.397 e.